The Labute approximate surface area is 120 Å². The quantitative estimate of drug-likeness (QED) is 0.710. The van der Waals surface area contributed by atoms with Crippen molar-refractivity contribution in [3.05, 3.63) is 0 Å². The number of hydrogen-bond acceptors (Lipinski definition) is 4. The Balaban J connectivity index is 2.48. The average Bonchev–Trinajstić information content (AvgIpc) is 2.44. The third-order valence-corrected chi connectivity index (χ3v) is 3.52. The van der Waals surface area contributed by atoms with Gasteiger partial charge in [-0.3, -0.25) is 14.5 Å². The van der Waals surface area contributed by atoms with Crippen LogP contribution in [-0.4, -0.2) is 72.7 Å². The third kappa shape index (κ3) is 5.88. The molecule has 1 fully saturated rings. The first-order chi connectivity index (χ1) is 9.54. The van der Waals surface area contributed by atoms with Gasteiger partial charge in [-0.05, 0) is 6.42 Å². The van der Waals surface area contributed by atoms with Crippen LogP contribution in [0.2, 0.25) is 0 Å². The number of carboxylic acids is 1. The van der Waals surface area contributed by atoms with Crippen LogP contribution in [0.15, 0.2) is 0 Å². The highest BCUT2D eigenvalue weighted by molar-refractivity contribution is 5.77. The van der Waals surface area contributed by atoms with Crippen molar-refractivity contribution in [2.45, 2.75) is 26.7 Å². The summed E-state index contributed by atoms with van der Waals surface area (Å²) < 4.78 is 5.29. The SMILES string of the molecule is CCCC(=O)N(CCN1CCOCC1)CC(C)C(=O)O. The van der Waals surface area contributed by atoms with Crippen LogP contribution >= 0.6 is 0 Å². The molecule has 1 atom stereocenters. The van der Waals surface area contributed by atoms with Crippen molar-refractivity contribution in [3.8, 4) is 0 Å². The molecule has 0 bridgehead atoms. The summed E-state index contributed by atoms with van der Waals surface area (Å²) in [7, 11) is 0. The lowest BCUT2D eigenvalue weighted by atomic mass is 10.1. The topological polar surface area (TPSA) is 70.1 Å². The number of amides is 1. The maximum Gasteiger partial charge on any atom is 0.308 e. The first-order valence-corrected chi connectivity index (χ1v) is 7.35. The van der Waals surface area contributed by atoms with E-state index in [-0.39, 0.29) is 5.91 Å². The van der Waals surface area contributed by atoms with Gasteiger partial charge in [-0.25, -0.2) is 0 Å². The van der Waals surface area contributed by atoms with E-state index in [0.717, 1.165) is 39.3 Å². The molecule has 0 aromatic rings. The molecule has 6 heteroatoms. The molecule has 0 aromatic carbocycles. The van der Waals surface area contributed by atoms with Crippen LogP contribution in [0, 0.1) is 5.92 Å². The number of carboxylic acid groups (broad SMARTS) is 1. The predicted octanol–water partition coefficient (Wildman–Crippen LogP) is 0.668. The lowest BCUT2D eigenvalue weighted by molar-refractivity contribution is -0.143. The van der Waals surface area contributed by atoms with E-state index < -0.39 is 11.9 Å². The first kappa shape index (κ1) is 16.9. The van der Waals surface area contributed by atoms with Crippen molar-refractivity contribution >= 4 is 11.9 Å². The molecule has 1 unspecified atom stereocenters. The zero-order valence-corrected chi connectivity index (χ0v) is 12.5. The lowest BCUT2D eigenvalue weighted by Gasteiger charge is -2.30. The van der Waals surface area contributed by atoms with Crippen LogP contribution in [0.1, 0.15) is 26.7 Å². The summed E-state index contributed by atoms with van der Waals surface area (Å²) in [5.41, 5.74) is 0. The summed E-state index contributed by atoms with van der Waals surface area (Å²) in [4.78, 5) is 27.0. The summed E-state index contributed by atoms with van der Waals surface area (Å²) >= 11 is 0. The largest absolute Gasteiger partial charge is 0.481 e. The highest BCUT2D eigenvalue weighted by Crippen LogP contribution is 2.06. The molecule has 0 aromatic heterocycles. The van der Waals surface area contributed by atoms with E-state index in [4.69, 9.17) is 9.84 Å². The highest BCUT2D eigenvalue weighted by atomic mass is 16.5. The molecule has 6 nitrogen and oxygen atoms in total. The normalized spacial score (nSPS) is 17.7. The van der Waals surface area contributed by atoms with Gasteiger partial charge in [-0.15, -0.1) is 0 Å². The Morgan fingerprint density at radius 1 is 1.35 bits per heavy atom. The van der Waals surface area contributed by atoms with E-state index >= 15 is 0 Å². The summed E-state index contributed by atoms with van der Waals surface area (Å²) in [5, 5.41) is 8.99. The Hall–Kier alpha value is -1.14. The zero-order chi connectivity index (χ0) is 15.0. The van der Waals surface area contributed by atoms with Gasteiger partial charge >= 0.3 is 5.97 Å². The third-order valence-electron chi connectivity index (χ3n) is 3.52. The monoisotopic (exact) mass is 286 g/mol. The van der Waals surface area contributed by atoms with Gasteiger partial charge in [0.05, 0.1) is 19.1 Å². The molecule has 0 saturated carbocycles. The lowest BCUT2D eigenvalue weighted by Crippen LogP contribution is -2.44. The second-order valence-corrected chi connectivity index (χ2v) is 5.28. The molecule has 20 heavy (non-hydrogen) atoms. The van der Waals surface area contributed by atoms with Crippen molar-refractivity contribution in [2.24, 2.45) is 5.92 Å². The van der Waals surface area contributed by atoms with Gasteiger partial charge in [0.2, 0.25) is 5.91 Å². The summed E-state index contributed by atoms with van der Waals surface area (Å²) in [5.74, 6) is -1.33. The van der Waals surface area contributed by atoms with Crippen molar-refractivity contribution in [3.63, 3.8) is 0 Å². The first-order valence-electron chi connectivity index (χ1n) is 7.35. The second kappa shape index (κ2) is 8.92. The minimum absolute atomic E-state index is 0.0499. The molecular formula is C14H26N2O4. The minimum Gasteiger partial charge on any atom is -0.481 e. The molecule has 1 rings (SSSR count). The van der Waals surface area contributed by atoms with E-state index in [1.807, 2.05) is 6.92 Å². The summed E-state index contributed by atoms with van der Waals surface area (Å²) in [6.45, 7) is 8.49. The van der Waals surface area contributed by atoms with Crippen LogP contribution in [0.25, 0.3) is 0 Å². The summed E-state index contributed by atoms with van der Waals surface area (Å²) in [6.07, 6.45) is 1.27. The molecule has 0 aliphatic carbocycles. The molecule has 0 radical (unpaired) electrons. The molecule has 1 saturated heterocycles. The number of morpholine rings is 1. The van der Waals surface area contributed by atoms with Gasteiger partial charge in [0.15, 0.2) is 0 Å². The molecule has 1 aliphatic rings. The van der Waals surface area contributed by atoms with Gasteiger partial charge in [0.1, 0.15) is 0 Å². The van der Waals surface area contributed by atoms with Crippen molar-refractivity contribution in [1.29, 1.82) is 0 Å². The smallest absolute Gasteiger partial charge is 0.308 e. The number of ether oxygens (including phenoxy) is 1. The average molecular weight is 286 g/mol. The van der Waals surface area contributed by atoms with E-state index in [9.17, 15) is 9.59 Å². The van der Waals surface area contributed by atoms with Crippen molar-refractivity contribution in [2.75, 3.05) is 45.9 Å². The van der Waals surface area contributed by atoms with Gasteiger partial charge in [-0.2, -0.15) is 0 Å². The van der Waals surface area contributed by atoms with Crippen molar-refractivity contribution < 1.29 is 19.4 Å². The molecule has 1 heterocycles. The minimum atomic E-state index is -0.856. The van der Waals surface area contributed by atoms with Crippen LogP contribution < -0.4 is 0 Å². The van der Waals surface area contributed by atoms with Crippen LogP contribution in [0.3, 0.4) is 0 Å². The Morgan fingerprint density at radius 2 is 2.00 bits per heavy atom. The maximum absolute atomic E-state index is 12.1. The number of aliphatic carboxylic acids is 1. The number of nitrogens with zero attached hydrogens (tertiary/aromatic N) is 2. The van der Waals surface area contributed by atoms with Gasteiger partial charge in [0.25, 0.3) is 0 Å². The molecule has 0 spiro atoms. The Bertz CT molecular complexity index is 316. The summed E-state index contributed by atoms with van der Waals surface area (Å²) in [6, 6.07) is 0. The van der Waals surface area contributed by atoms with E-state index in [1.54, 1.807) is 11.8 Å². The Kier molecular flexibility index (Phi) is 7.54. The standard InChI is InChI=1S/C14H26N2O4/c1-3-4-13(17)16(11-12(2)14(18)19)6-5-15-7-9-20-10-8-15/h12H,3-11H2,1-2H3,(H,18,19). The van der Waals surface area contributed by atoms with Crippen molar-refractivity contribution in [1.82, 2.24) is 9.80 Å². The predicted molar refractivity (Wildman–Crippen MR) is 75.5 cm³/mol. The van der Waals surface area contributed by atoms with Gasteiger partial charge in [-0.1, -0.05) is 13.8 Å². The molecular weight excluding hydrogens is 260 g/mol. The number of hydrogen-bond donors (Lipinski definition) is 1. The maximum atomic E-state index is 12.1. The molecule has 1 amide bonds. The highest BCUT2D eigenvalue weighted by Gasteiger charge is 2.21. The number of carbonyl (C=O) groups is 2. The molecule has 1 N–H and O–H groups in total. The number of rotatable bonds is 8. The molecule has 116 valence electrons. The fraction of sp³-hybridized carbons (Fsp3) is 0.857. The van der Waals surface area contributed by atoms with E-state index in [0.29, 0.717) is 19.5 Å². The number of carbonyl (C=O) groups excluding carboxylic acids is 1. The van der Waals surface area contributed by atoms with E-state index in [2.05, 4.69) is 4.90 Å². The zero-order valence-electron chi connectivity index (χ0n) is 12.5. The Morgan fingerprint density at radius 3 is 2.55 bits per heavy atom. The van der Waals surface area contributed by atoms with Gasteiger partial charge < -0.3 is 14.7 Å². The second-order valence-electron chi connectivity index (χ2n) is 5.28. The fourth-order valence-corrected chi connectivity index (χ4v) is 2.19. The van der Waals surface area contributed by atoms with Gasteiger partial charge in [0, 0.05) is 39.1 Å². The van der Waals surface area contributed by atoms with Crippen LogP contribution in [0.4, 0.5) is 0 Å². The fourth-order valence-electron chi connectivity index (χ4n) is 2.19. The van der Waals surface area contributed by atoms with E-state index in [1.165, 1.54) is 0 Å². The molecule has 1 aliphatic heterocycles. The van der Waals surface area contributed by atoms with Crippen LogP contribution in [0.5, 0.6) is 0 Å². The van der Waals surface area contributed by atoms with Crippen LogP contribution in [-0.2, 0) is 14.3 Å².